The van der Waals surface area contributed by atoms with E-state index in [1.807, 2.05) is 36.9 Å². The van der Waals surface area contributed by atoms with Gasteiger partial charge in [0.15, 0.2) is 0 Å². The number of aliphatic carboxylic acids is 1. The second-order valence-corrected chi connectivity index (χ2v) is 5.92. The first-order valence-electron chi connectivity index (χ1n) is 7.56. The van der Waals surface area contributed by atoms with E-state index in [0.29, 0.717) is 5.92 Å². The lowest BCUT2D eigenvalue weighted by Gasteiger charge is -2.32. The smallest absolute Gasteiger partial charge is 0.303 e. The van der Waals surface area contributed by atoms with Crippen molar-refractivity contribution in [1.29, 1.82) is 0 Å². The van der Waals surface area contributed by atoms with Crippen molar-refractivity contribution in [3.05, 3.63) is 34.9 Å². The molecule has 4 nitrogen and oxygen atoms in total. The summed E-state index contributed by atoms with van der Waals surface area (Å²) >= 11 is 0. The van der Waals surface area contributed by atoms with Crippen LogP contribution in [-0.2, 0) is 4.79 Å². The zero-order valence-electron chi connectivity index (χ0n) is 12.8. The predicted molar refractivity (Wildman–Crippen MR) is 81.4 cm³/mol. The van der Waals surface area contributed by atoms with Crippen molar-refractivity contribution in [3.8, 4) is 0 Å². The number of carboxylic acid groups (broad SMARTS) is 1. The highest BCUT2D eigenvalue weighted by Gasteiger charge is 2.24. The third-order valence-electron chi connectivity index (χ3n) is 4.50. The molecule has 1 aliphatic rings. The number of hydrogen-bond acceptors (Lipinski definition) is 2. The highest BCUT2D eigenvalue weighted by molar-refractivity contribution is 5.96. The van der Waals surface area contributed by atoms with Gasteiger partial charge in [-0.05, 0) is 56.2 Å². The van der Waals surface area contributed by atoms with E-state index in [1.54, 1.807) is 0 Å². The van der Waals surface area contributed by atoms with Gasteiger partial charge in [-0.15, -0.1) is 0 Å². The molecule has 1 heterocycles. The van der Waals surface area contributed by atoms with Crippen LogP contribution in [-0.4, -0.2) is 35.0 Å². The Bertz CT molecular complexity index is 531. The summed E-state index contributed by atoms with van der Waals surface area (Å²) in [6.07, 6.45) is 2.77. The van der Waals surface area contributed by atoms with Gasteiger partial charge in [-0.25, -0.2) is 0 Å². The van der Waals surface area contributed by atoms with Crippen molar-refractivity contribution in [2.45, 2.75) is 39.5 Å². The molecule has 0 spiro atoms. The Morgan fingerprint density at radius 3 is 2.52 bits per heavy atom. The quantitative estimate of drug-likeness (QED) is 0.927. The monoisotopic (exact) mass is 289 g/mol. The molecule has 1 fully saturated rings. The molecule has 2 rings (SSSR count). The van der Waals surface area contributed by atoms with Gasteiger partial charge < -0.3 is 10.0 Å². The van der Waals surface area contributed by atoms with Crippen molar-refractivity contribution < 1.29 is 14.7 Å². The van der Waals surface area contributed by atoms with Gasteiger partial charge in [-0.3, -0.25) is 9.59 Å². The third kappa shape index (κ3) is 3.84. The first kappa shape index (κ1) is 15.5. The molecule has 0 aromatic heterocycles. The molecular weight excluding hydrogens is 266 g/mol. The molecule has 1 N–H and O–H groups in total. The van der Waals surface area contributed by atoms with Gasteiger partial charge in [-0.1, -0.05) is 12.1 Å². The molecule has 0 unspecified atom stereocenters. The van der Waals surface area contributed by atoms with E-state index in [-0.39, 0.29) is 12.3 Å². The lowest BCUT2D eigenvalue weighted by Crippen LogP contribution is -2.38. The number of hydrogen-bond donors (Lipinski definition) is 1. The Hall–Kier alpha value is -1.84. The van der Waals surface area contributed by atoms with E-state index in [0.717, 1.165) is 49.0 Å². The number of carbonyl (C=O) groups excluding carboxylic acids is 1. The van der Waals surface area contributed by atoms with Crippen LogP contribution in [0.1, 0.15) is 47.2 Å². The second kappa shape index (κ2) is 6.74. The molecular formula is C17H23NO3. The zero-order valence-corrected chi connectivity index (χ0v) is 12.8. The Labute approximate surface area is 125 Å². The van der Waals surface area contributed by atoms with Crippen molar-refractivity contribution in [1.82, 2.24) is 4.90 Å². The maximum atomic E-state index is 12.6. The number of amides is 1. The summed E-state index contributed by atoms with van der Waals surface area (Å²) in [5.41, 5.74) is 2.98. The third-order valence-corrected chi connectivity index (χ3v) is 4.50. The summed E-state index contributed by atoms with van der Waals surface area (Å²) < 4.78 is 0. The van der Waals surface area contributed by atoms with E-state index in [9.17, 15) is 9.59 Å². The Balaban J connectivity index is 1.94. The highest BCUT2D eigenvalue weighted by atomic mass is 16.4. The Kier molecular flexibility index (Phi) is 4.99. The lowest BCUT2D eigenvalue weighted by molar-refractivity contribution is -0.137. The fourth-order valence-corrected chi connectivity index (χ4v) is 2.91. The Morgan fingerprint density at radius 2 is 1.90 bits per heavy atom. The normalized spacial score (nSPS) is 16.0. The van der Waals surface area contributed by atoms with Gasteiger partial charge >= 0.3 is 5.97 Å². The summed E-state index contributed by atoms with van der Waals surface area (Å²) in [5, 5.41) is 8.72. The number of piperidine rings is 1. The van der Waals surface area contributed by atoms with Gasteiger partial charge in [0.25, 0.3) is 5.91 Å². The molecule has 21 heavy (non-hydrogen) atoms. The summed E-state index contributed by atoms with van der Waals surface area (Å²) in [5.74, 6) is -0.194. The molecule has 0 bridgehead atoms. The molecule has 1 aromatic rings. The standard InChI is InChI=1S/C17H23NO3/c1-12-4-3-5-15(13(12)2)17(21)18-10-8-14(9-11-18)6-7-16(19)20/h3-5,14H,6-11H2,1-2H3,(H,19,20). The minimum Gasteiger partial charge on any atom is -0.481 e. The number of carbonyl (C=O) groups is 2. The van der Waals surface area contributed by atoms with Crippen LogP contribution in [0.5, 0.6) is 0 Å². The van der Waals surface area contributed by atoms with Crippen LogP contribution in [0.25, 0.3) is 0 Å². The number of aryl methyl sites for hydroxylation is 1. The van der Waals surface area contributed by atoms with Gasteiger partial charge in [0.05, 0.1) is 0 Å². The van der Waals surface area contributed by atoms with E-state index >= 15 is 0 Å². The summed E-state index contributed by atoms with van der Waals surface area (Å²) in [6.45, 7) is 5.47. The lowest BCUT2D eigenvalue weighted by atomic mass is 9.91. The van der Waals surface area contributed by atoms with E-state index in [4.69, 9.17) is 5.11 Å². The molecule has 0 aliphatic carbocycles. The summed E-state index contributed by atoms with van der Waals surface area (Å²) in [7, 11) is 0. The van der Waals surface area contributed by atoms with Gasteiger partial charge in [-0.2, -0.15) is 0 Å². The van der Waals surface area contributed by atoms with Crippen LogP contribution in [0.15, 0.2) is 18.2 Å². The SMILES string of the molecule is Cc1cccc(C(=O)N2CCC(CCC(=O)O)CC2)c1C. The molecule has 4 heteroatoms. The molecule has 114 valence electrons. The average molecular weight is 289 g/mol. The molecule has 1 aliphatic heterocycles. The minimum absolute atomic E-state index is 0.105. The van der Waals surface area contributed by atoms with Crippen molar-refractivity contribution in [2.75, 3.05) is 13.1 Å². The number of nitrogens with zero attached hydrogens (tertiary/aromatic N) is 1. The first-order valence-corrected chi connectivity index (χ1v) is 7.56. The molecule has 1 saturated heterocycles. The summed E-state index contributed by atoms with van der Waals surface area (Å²) in [4.78, 5) is 25.1. The zero-order chi connectivity index (χ0) is 15.4. The van der Waals surface area contributed by atoms with Crippen molar-refractivity contribution in [3.63, 3.8) is 0 Å². The fourth-order valence-electron chi connectivity index (χ4n) is 2.91. The highest BCUT2D eigenvalue weighted by Crippen LogP contribution is 2.24. The maximum absolute atomic E-state index is 12.6. The Morgan fingerprint density at radius 1 is 1.24 bits per heavy atom. The van der Waals surface area contributed by atoms with Crippen LogP contribution in [0.4, 0.5) is 0 Å². The maximum Gasteiger partial charge on any atom is 0.303 e. The number of benzene rings is 1. The van der Waals surface area contributed by atoms with E-state index in [1.165, 1.54) is 0 Å². The number of likely N-dealkylation sites (tertiary alicyclic amines) is 1. The molecule has 0 atom stereocenters. The van der Waals surface area contributed by atoms with Gasteiger partial charge in [0, 0.05) is 25.1 Å². The van der Waals surface area contributed by atoms with Crippen molar-refractivity contribution >= 4 is 11.9 Å². The van der Waals surface area contributed by atoms with Crippen LogP contribution >= 0.6 is 0 Å². The minimum atomic E-state index is -0.733. The van der Waals surface area contributed by atoms with Crippen molar-refractivity contribution in [2.24, 2.45) is 5.92 Å². The summed E-state index contributed by atoms with van der Waals surface area (Å²) in [6, 6.07) is 5.83. The molecule has 0 radical (unpaired) electrons. The van der Waals surface area contributed by atoms with Crippen LogP contribution < -0.4 is 0 Å². The van der Waals surface area contributed by atoms with E-state index < -0.39 is 5.97 Å². The topological polar surface area (TPSA) is 57.6 Å². The van der Waals surface area contributed by atoms with Crippen LogP contribution in [0, 0.1) is 19.8 Å². The van der Waals surface area contributed by atoms with Crippen LogP contribution in [0.2, 0.25) is 0 Å². The van der Waals surface area contributed by atoms with E-state index in [2.05, 4.69) is 0 Å². The predicted octanol–water partition coefficient (Wildman–Crippen LogP) is 3.02. The molecule has 1 aromatic carbocycles. The second-order valence-electron chi connectivity index (χ2n) is 5.92. The number of carboxylic acids is 1. The fraction of sp³-hybridized carbons (Fsp3) is 0.529. The average Bonchev–Trinajstić information content (AvgIpc) is 2.48. The molecule has 1 amide bonds. The molecule has 0 saturated carbocycles. The van der Waals surface area contributed by atoms with Crippen LogP contribution in [0.3, 0.4) is 0 Å². The van der Waals surface area contributed by atoms with Gasteiger partial charge in [0.2, 0.25) is 0 Å². The largest absolute Gasteiger partial charge is 0.481 e. The van der Waals surface area contributed by atoms with Gasteiger partial charge in [0.1, 0.15) is 0 Å². The first-order chi connectivity index (χ1) is 9.99. The number of rotatable bonds is 4.